The van der Waals surface area contributed by atoms with Gasteiger partial charge in [-0.05, 0) is 30.5 Å². The van der Waals surface area contributed by atoms with Gasteiger partial charge in [-0.1, -0.05) is 37.8 Å². The van der Waals surface area contributed by atoms with Crippen molar-refractivity contribution < 1.29 is 13.2 Å². The van der Waals surface area contributed by atoms with Crippen molar-refractivity contribution in [1.29, 1.82) is 0 Å². The maximum atomic E-state index is 12.7. The number of aromatic nitrogens is 2. The van der Waals surface area contributed by atoms with Gasteiger partial charge in [0.15, 0.2) is 0 Å². The van der Waals surface area contributed by atoms with Crippen molar-refractivity contribution in [3.8, 4) is 11.1 Å². The van der Waals surface area contributed by atoms with E-state index in [0.717, 1.165) is 37.8 Å². The van der Waals surface area contributed by atoms with Crippen LogP contribution >= 0.6 is 0 Å². The van der Waals surface area contributed by atoms with Crippen LogP contribution in [-0.4, -0.2) is 16.0 Å². The van der Waals surface area contributed by atoms with Crippen molar-refractivity contribution in [2.45, 2.75) is 50.7 Å². The van der Waals surface area contributed by atoms with Crippen molar-refractivity contribution in [3.63, 3.8) is 0 Å². The molecule has 1 aromatic heterocycles. The number of rotatable bonds is 3. The van der Waals surface area contributed by atoms with E-state index in [1.165, 1.54) is 31.2 Å². The molecule has 4 nitrogen and oxygen atoms in total. The topological polar surface area (TPSA) is 57.8 Å². The Balaban J connectivity index is 1.89. The highest BCUT2D eigenvalue weighted by Crippen LogP contribution is 2.32. The fourth-order valence-corrected chi connectivity index (χ4v) is 3.19. The van der Waals surface area contributed by atoms with Crippen molar-refractivity contribution >= 4 is 5.82 Å². The lowest BCUT2D eigenvalue weighted by Crippen LogP contribution is -2.22. The smallest absolute Gasteiger partial charge is 0.368 e. The first-order chi connectivity index (χ1) is 11.9. The summed E-state index contributed by atoms with van der Waals surface area (Å²) in [5.74, 6) is 0.520. The summed E-state index contributed by atoms with van der Waals surface area (Å²) in [4.78, 5) is 18.0. The van der Waals surface area contributed by atoms with Gasteiger partial charge in [0.05, 0.1) is 5.56 Å². The largest absolute Gasteiger partial charge is 0.416 e. The first-order valence-electron chi connectivity index (χ1n) is 8.47. The summed E-state index contributed by atoms with van der Waals surface area (Å²) in [7, 11) is 0. The second-order valence-corrected chi connectivity index (χ2v) is 6.38. The highest BCUT2D eigenvalue weighted by molar-refractivity contribution is 5.74. The molecule has 7 heteroatoms. The highest BCUT2D eigenvalue weighted by atomic mass is 19.4. The van der Waals surface area contributed by atoms with Crippen molar-refractivity contribution in [1.82, 2.24) is 9.97 Å². The van der Waals surface area contributed by atoms with E-state index in [9.17, 15) is 18.0 Å². The lowest BCUT2D eigenvalue weighted by Gasteiger charge is -2.19. The van der Waals surface area contributed by atoms with E-state index >= 15 is 0 Å². The van der Waals surface area contributed by atoms with Crippen LogP contribution in [0.4, 0.5) is 19.0 Å². The molecule has 3 rings (SSSR count). The Morgan fingerprint density at radius 1 is 1.04 bits per heavy atom. The summed E-state index contributed by atoms with van der Waals surface area (Å²) in [6.07, 6.45) is 3.72. The number of H-pyrrole nitrogens is 1. The molecule has 1 aromatic carbocycles. The summed E-state index contributed by atoms with van der Waals surface area (Å²) >= 11 is 0. The third kappa shape index (κ3) is 4.41. The van der Waals surface area contributed by atoms with Crippen LogP contribution in [0.2, 0.25) is 0 Å². The molecule has 0 saturated heterocycles. The maximum absolute atomic E-state index is 12.7. The van der Waals surface area contributed by atoms with Gasteiger partial charge in [-0.15, -0.1) is 0 Å². The molecule has 0 radical (unpaired) electrons. The van der Waals surface area contributed by atoms with E-state index in [0.29, 0.717) is 16.9 Å². The van der Waals surface area contributed by atoms with Gasteiger partial charge in [0.25, 0.3) is 0 Å². The van der Waals surface area contributed by atoms with Crippen LogP contribution in [0.3, 0.4) is 0 Å². The van der Waals surface area contributed by atoms with Gasteiger partial charge in [0.2, 0.25) is 0 Å². The standard InChI is InChI=1S/C18H20F3N3O/c19-18(20,21)13-9-7-12(8-10-13)15-11-22-17(25)24-16(15)23-14-5-3-1-2-4-6-14/h7-11,14H,1-6H2,(H2,22,23,24,25). The minimum Gasteiger partial charge on any atom is -0.368 e. The number of alkyl halides is 3. The van der Waals surface area contributed by atoms with Gasteiger partial charge in [0, 0.05) is 17.8 Å². The highest BCUT2D eigenvalue weighted by Gasteiger charge is 2.30. The number of benzene rings is 1. The molecular weight excluding hydrogens is 331 g/mol. The predicted molar refractivity (Wildman–Crippen MR) is 90.4 cm³/mol. The number of aromatic amines is 1. The van der Waals surface area contributed by atoms with Crippen molar-refractivity contribution in [2.75, 3.05) is 5.32 Å². The Bertz CT molecular complexity index is 760. The Morgan fingerprint density at radius 2 is 1.68 bits per heavy atom. The average molecular weight is 351 g/mol. The van der Waals surface area contributed by atoms with E-state index in [1.807, 2.05) is 0 Å². The lowest BCUT2D eigenvalue weighted by atomic mass is 10.0. The SMILES string of the molecule is O=c1ncc(-c2ccc(C(F)(F)F)cc2)c(NC2CCCCCC2)[nH]1. The summed E-state index contributed by atoms with van der Waals surface area (Å²) in [5.41, 5.74) is -0.0101. The first-order valence-corrected chi connectivity index (χ1v) is 8.47. The zero-order valence-electron chi connectivity index (χ0n) is 13.7. The number of anilines is 1. The number of nitrogens with zero attached hydrogens (tertiary/aromatic N) is 1. The van der Waals surface area contributed by atoms with E-state index in [-0.39, 0.29) is 6.04 Å². The fourth-order valence-electron chi connectivity index (χ4n) is 3.19. The Hall–Kier alpha value is -2.31. The average Bonchev–Trinajstić information content (AvgIpc) is 2.83. The van der Waals surface area contributed by atoms with Crippen LogP contribution in [-0.2, 0) is 6.18 Å². The lowest BCUT2D eigenvalue weighted by molar-refractivity contribution is -0.137. The van der Waals surface area contributed by atoms with E-state index in [2.05, 4.69) is 15.3 Å². The first kappa shape index (κ1) is 17.5. The maximum Gasteiger partial charge on any atom is 0.416 e. The molecule has 0 aliphatic heterocycles. The Kier molecular flexibility index (Phi) is 5.11. The molecule has 0 atom stereocenters. The Labute approximate surface area is 143 Å². The molecule has 25 heavy (non-hydrogen) atoms. The molecule has 0 spiro atoms. The van der Waals surface area contributed by atoms with Crippen LogP contribution in [0.25, 0.3) is 11.1 Å². The zero-order chi connectivity index (χ0) is 17.9. The third-order valence-corrected chi connectivity index (χ3v) is 4.54. The molecule has 0 amide bonds. The second kappa shape index (κ2) is 7.29. The quantitative estimate of drug-likeness (QED) is 0.795. The van der Waals surface area contributed by atoms with Gasteiger partial charge < -0.3 is 5.32 Å². The summed E-state index contributed by atoms with van der Waals surface area (Å²) < 4.78 is 38.2. The minimum absolute atomic E-state index is 0.244. The summed E-state index contributed by atoms with van der Waals surface area (Å²) in [6, 6.07) is 5.12. The van der Waals surface area contributed by atoms with Crippen molar-refractivity contribution in [3.05, 3.63) is 46.5 Å². The van der Waals surface area contributed by atoms with Gasteiger partial charge in [-0.25, -0.2) is 9.78 Å². The van der Waals surface area contributed by atoms with Crippen LogP contribution in [0.5, 0.6) is 0 Å². The third-order valence-electron chi connectivity index (χ3n) is 4.54. The molecule has 2 N–H and O–H groups in total. The van der Waals surface area contributed by atoms with Gasteiger partial charge in [-0.3, -0.25) is 4.98 Å². The monoisotopic (exact) mass is 351 g/mol. The number of hydrogen-bond acceptors (Lipinski definition) is 3. The molecule has 1 heterocycles. The van der Waals surface area contributed by atoms with Crippen LogP contribution < -0.4 is 11.0 Å². The van der Waals surface area contributed by atoms with E-state index in [1.54, 1.807) is 0 Å². The van der Waals surface area contributed by atoms with Gasteiger partial charge >= 0.3 is 11.9 Å². The number of hydrogen-bond donors (Lipinski definition) is 2. The van der Waals surface area contributed by atoms with E-state index in [4.69, 9.17) is 0 Å². The van der Waals surface area contributed by atoms with Crippen LogP contribution in [0.1, 0.15) is 44.1 Å². The molecule has 134 valence electrons. The zero-order valence-corrected chi connectivity index (χ0v) is 13.7. The number of halogens is 3. The summed E-state index contributed by atoms with van der Waals surface area (Å²) in [5, 5.41) is 3.36. The molecular formula is C18H20F3N3O. The van der Waals surface area contributed by atoms with Gasteiger partial charge in [-0.2, -0.15) is 13.2 Å². The van der Waals surface area contributed by atoms with Gasteiger partial charge in [0.1, 0.15) is 5.82 Å². The molecule has 0 unspecified atom stereocenters. The molecule has 2 aromatic rings. The number of nitrogens with one attached hydrogen (secondary N) is 2. The van der Waals surface area contributed by atoms with Crippen LogP contribution in [0.15, 0.2) is 35.3 Å². The molecule has 1 aliphatic carbocycles. The van der Waals surface area contributed by atoms with Crippen LogP contribution in [0, 0.1) is 0 Å². The second-order valence-electron chi connectivity index (χ2n) is 6.38. The predicted octanol–water partition coefficient (Wildman–Crippen LogP) is 4.59. The fraction of sp³-hybridized carbons (Fsp3) is 0.444. The molecule has 1 fully saturated rings. The molecule has 0 bridgehead atoms. The molecule has 1 saturated carbocycles. The molecule has 1 aliphatic rings. The van der Waals surface area contributed by atoms with E-state index < -0.39 is 17.4 Å². The summed E-state index contributed by atoms with van der Waals surface area (Å²) in [6.45, 7) is 0. The minimum atomic E-state index is -4.37. The van der Waals surface area contributed by atoms with Crippen molar-refractivity contribution in [2.24, 2.45) is 0 Å². The normalized spacial score (nSPS) is 16.4. The Morgan fingerprint density at radius 3 is 2.28 bits per heavy atom.